The van der Waals surface area contributed by atoms with Gasteiger partial charge in [0.25, 0.3) is 0 Å². The fourth-order valence-corrected chi connectivity index (χ4v) is 4.07. The third kappa shape index (κ3) is 3.08. The highest BCUT2D eigenvalue weighted by Crippen LogP contribution is 2.35. The zero-order valence-corrected chi connectivity index (χ0v) is 14.4. The largest absolute Gasteiger partial charge is 0.356 e. The van der Waals surface area contributed by atoms with E-state index in [9.17, 15) is 4.79 Å². The highest BCUT2D eigenvalue weighted by atomic mass is 32.1. The Kier molecular flexibility index (Phi) is 4.61. The summed E-state index contributed by atoms with van der Waals surface area (Å²) in [4.78, 5) is 25.6. The van der Waals surface area contributed by atoms with Gasteiger partial charge in [-0.3, -0.25) is 4.79 Å². The number of hydrogen-bond acceptors (Lipinski definition) is 5. The van der Waals surface area contributed by atoms with Crippen molar-refractivity contribution in [1.82, 2.24) is 15.3 Å². The van der Waals surface area contributed by atoms with Crippen molar-refractivity contribution in [3.63, 3.8) is 0 Å². The molecule has 0 unspecified atom stereocenters. The molecule has 0 atom stereocenters. The molecular weight excluding hydrogens is 308 g/mol. The second-order valence-corrected chi connectivity index (χ2v) is 7.16. The Balaban J connectivity index is 1.75. The monoisotopic (exact) mass is 330 g/mol. The smallest absolute Gasteiger partial charge is 0.223 e. The lowest BCUT2D eigenvalue weighted by molar-refractivity contribution is -0.125. The molecule has 2 aromatic heterocycles. The molecule has 23 heavy (non-hydrogen) atoms. The molecular formula is C17H22N4OS. The summed E-state index contributed by atoms with van der Waals surface area (Å²) >= 11 is 1.72. The van der Waals surface area contributed by atoms with E-state index in [0.717, 1.165) is 36.6 Å². The number of nitrogens with one attached hydrogen (secondary N) is 1. The number of rotatable bonds is 4. The Morgan fingerprint density at radius 1 is 1.43 bits per heavy atom. The van der Waals surface area contributed by atoms with Crippen LogP contribution in [0.3, 0.4) is 0 Å². The number of aromatic nitrogens is 2. The number of fused-ring (bicyclic) bond motifs is 1. The predicted molar refractivity (Wildman–Crippen MR) is 95.0 cm³/mol. The molecule has 1 aliphatic heterocycles. The first-order valence-corrected chi connectivity index (χ1v) is 8.77. The summed E-state index contributed by atoms with van der Waals surface area (Å²) in [5, 5.41) is 4.07. The van der Waals surface area contributed by atoms with Gasteiger partial charge >= 0.3 is 0 Å². The minimum Gasteiger partial charge on any atom is -0.356 e. The fourth-order valence-electron chi connectivity index (χ4n) is 3.07. The molecule has 0 bridgehead atoms. The summed E-state index contributed by atoms with van der Waals surface area (Å²) in [6, 6.07) is 0. The Labute approximate surface area is 140 Å². The van der Waals surface area contributed by atoms with Crippen LogP contribution < -0.4 is 10.2 Å². The number of nitrogens with zero attached hydrogens (tertiary/aromatic N) is 3. The first-order valence-electron chi connectivity index (χ1n) is 7.96. The quantitative estimate of drug-likeness (QED) is 0.876. The highest BCUT2D eigenvalue weighted by molar-refractivity contribution is 7.18. The van der Waals surface area contributed by atoms with Crippen LogP contribution in [-0.4, -0.2) is 35.5 Å². The summed E-state index contributed by atoms with van der Waals surface area (Å²) in [6.45, 7) is 10.1. The number of piperidine rings is 1. The van der Waals surface area contributed by atoms with E-state index in [1.54, 1.807) is 23.7 Å². The van der Waals surface area contributed by atoms with Crippen molar-refractivity contribution in [2.45, 2.75) is 26.7 Å². The molecule has 0 radical (unpaired) electrons. The average Bonchev–Trinajstić information content (AvgIpc) is 2.87. The minimum absolute atomic E-state index is 0.0915. The van der Waals surface area contributed by atoms with Crippen LogP contribution in [0.15, 0.2) is 19.0 Å². The molecule has 6 heteroatoms. The van der Waals surface area contributed by atoms with Crippen molar-refractivity contribution in [2.24, 2.45) is 5.92 Å². The van der Waals surface area contributed by atoms with E-state index < -0.39 is 0 Å². The van der Waals surface area contributed by atoms with Crippen LogP contribution >= 0.6 is 11.3 Å². The molecule has 0 aliphatic carbocycles. The Morgan fingerprint density at radius 3 is 2.87 bits per heavy atom. The first-order chi connectivity index (χ1) is 11.1. The van der Waals surface area contributed by atoms with Crippen LogP contribution in [0, 0.1) is 19.8 Å². The van der Waals surface area contributed by atoms with Crippen molar-refractivity contribution >= 4 is 33.3 Å². The van der Waals surface area contributed by atoms with Crippen molar-refractivity contribution in [1.29, 1.82) is 0 Å². The van der Waals surface area contributed by atoms with E-state index in [2.05, 4.69) is 40.6 Å². The van der Waals surface area contributed by atoms with E-state index in [4.69, 9.17) is 0 Å². The molecule has 1 fully saturated rings. The molecule has 5 nitrogen and oxygen atoms in total. The maximum Gasteiger partial charge on any atom is 0.223 e. The number of carbonyl (C=O) groups excluding carboxylic acids is 1. The van der Waals surface area contributed by atoms with E-state index >= 15 is 0 Å². The number of hydrogen-bond donors (Lipinski definition) is 1. The van der Waals surface area contributed by atoms with Gasteiger partial charge in [-0.25, -0.2) is 9.97 Å². The fraction of sp³-hybridized carbons (Fsp3) is 0.471. The molecule has 0 aromatic carbocycles. The van der Waals surface area contributed by atoms with Crippen LogP contribution in [0.5, 0.6) is 0 Å². The van der Waals surface area contributed by atoms with Gasteiger partial charge in [0.15, 0.2) is 0 Å². The van der Waals surface area contributed by atoms with Crippen LogP contribution in [0.25, 0.3) is 10.2 Å². The summed E-state index contributed by atoms with van der Waals surface area (Å²) in [7, 11) is 0. The molecule has 1 N–H and O–H groups in total. The van der Waals surface area contributed by atoms with Crippen LogP contribution in [0.1, 0.15) is 23.3 Å². The minimum atomic E-state index is 0.0915. The number of anilines is 1. The Bertz CT molecular complexity index is 732. The van der Waals surface area contributed by atoms with Crippen molar-refractivity contribution < 1.29 is 4.79 Å². The lowest BCUT2D eigenvalue weighted by Gasteiger charge is -2.32. The van der Waals surface area contributed by atoms with Gasteiger partial charge in [-0.1, -0.05) is 6.08 Å². The van der Waals surface area contributed by atoms with E-state index in [1.165, 1.54) is 15.8 Å². The average molecular weight is 330 g/mol. The SMILES string of the molecule is C=CCNC(=O)C1CCN(c2ncnc3sc(C)c(C)c23)CC1. The molecule has 1 saturated heterocycles. The standard InChI is InChI=1S/C17H22N4OS/c1-4-7-18-16(22)13-5-8-21(9-6-13)15-14-11(2)12(3)23-17(14)20-10-19-15/h4,10,13H,1,5-9H2,2-3H3,(H,18,22). The van der Waals surface area contributed by atoms with Gasteiger partial charge in [-0.05, 0) is 32.3 Å². The molecule has 1 aliphatic rings. The maximum absolute atomic E-state index is 12.1. The Hall–Kier alpha value is -1.95. The second-order valence-electron chi connectivity index (χ2n) is 5.96. The highest BCUT2D eigenvalue weighted by Gasteiger charge is 2.27. The molecule has 1 amide bonds. The molecule has 2 aromatic rings. The van der Waals surface area contributed by atoms with Gasteiger partial charge in [0.2, 0.25) is 5.91 Å². The molecule has 3 rings (SSSR count). The topological polar surface area (TPSA) is 58.1 Å². The summed E-state index contributed by atoms with van der Waals surface area (Å²) in [6.07, 6.45) is 5.08. The maximum atomic E-state index is 12.1. The third-order valence-corrected chi connectivity index (χ3v) is 5.65. The lowest BCUT2D eigenvalue weighted by atomic mass is 9.95. The van der Waals surface area contributed by atoms with Gasteiger partial charge in [0.05, 0.1) is 5.39 Å². The van der Waals surface area contributed by atoms with Gasteiger partial charge < -0.3 is 10.2 Å². The first kappa shape index (κ1) is 15.9. The molecule has 3 heterocycles. The van der Waals surface area contributed by atoms with E-state index in [1.807, 2.05) is 0 Å². The van der Waals surface area contributed by atoms with Gasteiger partial charge in [-0.15, -0.1) is 17.9 Å². The van der Waals surface area contributed by atoms with Gasteiger partial charge in [0, 0.05) is 30.4 Å². The summed E-state index contributed by atoms with van der Waals surface area (Å²) < 4.78 is 0. The zero-order valence-electron chi connectivity index (χ0n) is 13.6. The van der Waals surface area contributed by atoms with Gasteiger partial charge in [0.1, 0.15) is 17.0 Å². The number of thiophene rings is 1. The van der Waals surface area contributed by atoms with E-state index in [0.29, 0.717) is 6.54 Å². The normalized spacial score (nSPS) is 15.8. The third-order valence-electron chi connectivity index (χ3n) is 4.53. The van der Waals surface area contributed by atoms with Crippen LogP contribution in [-0.2, 0) is 4.79 Å². The molecule has 0 spiro atoms. The number of carbonyl (C=O) groups is 1. The summed E-state index contributed by atoms with van der Waals surface area (Å²) in [5.41, 5.74) is 1.27. The van der Waals surface area contributed by atoms with Crippen molar-refractivity contribution in [3.05, 3.63) is 29.4 Å². The van der Waals surface area contributed by atoms with Gasteiger partial charge in [-0.2, -0.15) is 0 Å². The zero-order chi connectivity index (χ0) is 16.4. The molecule has 0 saturated carbocycles. The number of aryl methyl sites for hydroxylation is 2. The lowest BCUT2D eigenvalue weighted by Crippen LogP contribution is -2.41. The predicted octanol–water partition coefficient (Wildman–Crippen LogP) is 2.83. The molecule has 122 valence electrons. The van der Waals surface area contributed by atoms with Crippen molar-refractivity contribution in [2.75, 3.05) is 24.5 Å². The van der Waals surface area contributed by atoms with Crippen molar-refractivity contribution in [3.8, 4) is 0 Å². The van der Waals surface area contributed by atoms with Crippen LogP contribution in [0.2, 0.25) is 0 Å². The summed E-state index contributed by atoms with van der Waals surface area (Å²) in [5.74, 6) is 1.25. The Morgan fingerprint density at radius 2 is 2.17 bits per heavy atom. The number of amides is 1. The van der Waals surface area contributed by atoms with Crippen LogP contribution in [0.4, 0.5) is 5.82 Å². The van der Waals surface area contributed by atoms with E-state index in [-0.39, 0.29) is 11.8 Å². The second kappa shape index (κ2) is 6.66.